The molecular formula is C24H32N2O6. The average Bonchev–Trinajstić information content (AvgIpc) is 2.74. The number of ketones is 1. The van der Waals surface area contributed by atoms with Gasteiger partial charge in [-0.3, -0.25) is 9.59 Å². The van der Waals surface area contributed by atoms with Gasteiger partial charge in [-0.05, 0) is 45.7 Å². The molecule has 0 unspecified atom stereocenters. The number of carbonyl (C=O) groups excluding carboxylic acids is 2. The van der Waals surface area contributed by atoms with Gasteiger partial charge in [0.1, 0.15) is 12.4 Å². The molecule has 1 aromatic carbocycles. The van der Waals surface area contributed by atoms with E-state index in [9.17, 15) is 14.4 Å². The molecule has 1 amide bonds. The predicted octanol–water partition coefficient (Wildman–Crippen LogP) is 3.35. The van der Waals surface area contributed by atoms with Crippen molar-refractivity contribution in [3.63, 3.8) is 0 Å². The zero-order valence-corrected chi connectivity index (χ0v) is 19.2. The van der Waals surface area contributed by atoms with Gasteiger partial charge in [0.25, 0.3) is 0 Å². The van der Waals surface area contributed by atoms with Gasteiger partial charge in [0.05, 0.1) is 24.2 Å². The lowest BCUT2D eigenvalue weighted by Crippen LogP contribution is -2.54. The van der Waals surface area contributed by atoms with E-state index in [2.05, 4.69) is 0 Å². The molecule has 1 aliphatic rings. The Morgan fingerprint density at radius 3 is 2.62 bits per heavy atom. The number of piperidine rings is 1. The van der Waals surface area contributed by atoms with Gasteiger partial charge in [-0.2, -0.15) is 0 Å². The van der Waals surface area contributed by atoms with E-state index < -0.39 is 17.7 Å². The van der Waals surface area contributed by atoms with E-state index in [1.165, 1.54) is 13.2 Å². The number of methoxy groups -OCH3 is 1. The van der Waals surface area contributed by atoms with Crippen molar-refractivity contribution in [2.24, 2.45) is 0 Å². The van der Waals surface area contributed by atoms with Gasteiger partial charge in [-0.1, -0.05) is 12.1 Å². The first-order valence-corrected chi connectivity index (χ1v) is 10.9. The molecule has 0 N–H and O–H groups in total. The summed E-state index contributed by atoms with van der Waals surface area (Å²) in [7, 11) is 1.54. The Balaban J connectivity index is 1.81. The van der Waals surface area contributed by atoms with Crippen LogP contribution >= 0.6 is 0 Å². The minimum absolute atomic E-state index is 0.0646. The molecule has 32 heavy (non-hydrogen) atoms. The van der Waals surface area contributed by atoms with E-state index in [4.69, 9.17) is 14.2 Å². The van der Waals surface area contributed by atoms with Gasteiger partial charge in [0, 0.05) is 37.7 Å². The molecule has 3 rings (SSSR count). The lowest BCUT2D eigenvalue weighted by Gasteiger charge is -2.41. The van der Waals surface area contributed by atoms with E-state index in [0.717, 1.165) is 12.8 Å². The summed E-state index contributed by atoms with van der Waals surface area (Å²) in [5.74, 6) is -0.0646. The van der Waals surface area contributed by atoms with E-state index in [-0.39, 0.29) is 37.1 Å². The fraction of sp³-hybridized carbons (Fsp3) is 0.542. The fourth-order valence-electron chi connectivity index (χ4n) is 4.05. The van der Waals surface area contributed by atoms with Crippen LogP contribution in [0.25, 0.3) is 10.9 Å². The number of likely N-dealkylation sites (tertiary alicyclic amines) is 1. The summed E-state index contributed by atoms with van der Waals surface area (Å²) in [6.07, 6.45) is 2.45. The highest BCUT2D eigenvalue weighted by atomic mass is 16.7. The normalized spacial score (nSPS) is 19.2. The molecule has 0 radical (unpaired) electrons. The number of rotatable bonds is 7. The van der Waals surface area contributed by atoms with Crippen molar-refractivity contribution in [2.45, 2.75) is 64.3 Å². The van der Waals surface area contributed by atoms with Crippen molar-refractivity contribution < 1.29 is 23.8 Å². The maximum atomic E-state index is 13.1. The number of pyridine rings is 1. The van der Waals surface area contributed by atoms with E-state index >= 15 is 0 Å². The van der Waals surface area contributed by atoms with Crippen LogP contribution in [0.1, 0.15) is 40.0 Å². The number of para-hydroxylation sites is 1. The van der Waals surface area contributed by atoms with Gasteiger partial charge in [0.15, 0.2) is 11.2 Å². The van der Waals surface area contributed by atoms with Crippen LogP contribution in [-0.4, -0.2) is 59.5 Å². The monoisotopic (exact) mass is 444 g/mol. The summed E-state index contributed by atoms with van der Waals surface area (Å²) in [4.78, 5) is 39.7. The highest BCUT2D eigenvalue weighted by molar-refractivity contribution is 5.84. The number of hydrogen-bond donors (Lipinski definition) is 0. The first-order valence-electron chi connectivity index (χ1n) is 10.9. The van der Waals surface area contributed by atoms with E-state index in [0.29, 0.717) is 17.4 Å². The first kappa shape index (κ1) is 23.9. The summed E-state index contributed by atoms with van der Waals surface area (Å²) < 4.78 is 18.2. The second-order valence-corrected chi connectivity index (χ2v) is 9.06. The van der Waals surface area contributed by atoms with Gasteiger partial charge in [0.2, 0.25) is 0 Å². The van der Waals surface area contributed by atoms with Crippen LogP contribution in [0.4, 0.5) is 4.79 Å². The number of fused-ring (bicyclic) bond motifs is 1. The quantitative estimate of drug-likeness (QED) is 0.609. The number of hydrogen-bond acceptors (Lipinski definition) is 6. The molecule has 2 aromatic rings. The molecule has 0 saturated carbocycles. The Hall–Kier alpha value is -2.71. The molecule has 174 valence electrons. The van der Waals surface area contributed by atoms with E-state index in [1.807, 2.05) is 32.9 Å². The molecule has 1 fully saturated rings. The largest absolute Gasteiger partial charge is 0.444 e. The molecule has 8 nitrogen and oxygen atoms in total. The third-order valence-corrected chi connectivity index (χ3v) is 5.41. The highest BCUT2D eigenvalue weighted by Gasteiger charge is 2.38. The van der Waals surface area contributed by atoms with Gasteiger partial charge < -0.3 is 23.7 Å². The third-order valence-electron chi connectivity index (χ3n) is 5.41. The summed E-state index contributed by atoms with van der Waals surface area (Å²) in [6, 6.07) is 8.22. The van der Waals surface area contributed by atoms with Gasteiger partial charge >= 0.3 is 6.09 Å². The minimum atomic E-state index is -0.638. The topological polar surface area (TPSA) is 87.1 Å². The van der Waals surface area contributed by atoms with Crippen LogP contribution in [0, 0.1) is 0 Å². The fourth-order valence-corrected chi connectivity index (χ4v) is 4.05. The average molecular weight is 445 g/mol. The van der Waals surface area contributed by atoms with E-state index in [1.54, 1.807) is 27.8 Å². The van der Waals surface area contributed by atoms with Crippen molar-refractivity contribution in [3.8, 4) is 0 Å². The summed E-state index contributed by atoms with van der Waals surface area (Å²) in [6.45, 7) is 6.12. The van der Waals surface area contributed by atoms with Crippen LogP contribution in [0.3, 0.4) is 0 Å². The zero-order chi connectivity index (χ0) is 23.3. The summed E-state index contributed by atoms with van der Waals surface area (Å²) >= 11 is 0. The third kappa shape index (κ3) is 5.95. The smallest absolute Gasteiger partial charge is 0.410 e. The number of carbonyl (C=O) groups is 2. The maximum absolute atomic E-state index is 13.1. The molecule has 0 spiro atoms. The number of benzene rings is 1. The number of aromatic nitrogens is 1. The Bertz CT molecular complexity index is 1010. The van der Waals surface area contributed by atoms with Crippen molar-refractivity contribution in [2.75, 3.05) is 20.4 Å². The Morgan fingerprint density at radius 2 is 1.91 bits per heavy atom. The number of nitrogens with zero attached hydrogens (tertiary/aromatic N) is 2. The summed E-state index contributed by atoms with van der Waals surface area (Å²) in [5.41, 5.74) is -0.0187. The van der Waals surface area contributed by atoms with Crippen molar-refractivity contribution in [3.05, 3.63) is 46.8 Å². The molecular weight excluding hydrogens is 412 g/mol. The van der Waals surface area contributed by atoms with Crippen LogP contribution in [0.15, 0.2) is 41.3 Å². The standard InChI is InChI=1S/C24H32N2O6/c1-24(2,3)32-23(29)26-12-7-10-22(31-16-30-4)20(26)14-17(27)15-25-13-11-21(28)18-8-5-6-9-19(18)25/h5-6,8-9,11,13,20,22H,7,10,12,14-16H2,1-4H3/t20-,22-/m0/s1. The Morgan fingerprint density at radius 1 is 1.16 bits per heavy atom. The van der Waals surface area contributed by atoms with Crippen LogP contribution in [0.2, 0.25) is 0 Å². The predicted molar refractivity (Wildman–Crippen MR) is 121 cm³/mol. The second kappa shape index (κ2) is 10.3. The van der Waals surface area contributed by atoms with Gasteiger partial charge in [-0.15, -0.1) is 0 Å². The van der Waals surface area contributed by atoms with Crippen LogP contribution in [0.5, 0.6) is 0 Å². The van der Waals surface area contributed by atoms with Crippen molar-refractivity contribution in [1.29, 1.82) is 0 Å². The molecule has 8 heteroatoms. The molecule has 1 saturated heterocycles. The molecule has 2 heterocycles. The van der Waals surface area contributed by atoms with Gasteiger partial charge in [-0.25, -0.2) is 4.79 Å². The molecule has 0 bridgehead atoms. The van der Waals surface area contributed by atoms with Crippen LogP contribution in [-0.2, 0) is 25.5 Å². The van der Waals surface area contributed by atoms with Crippen molar-refractivity contribution >= 4 is 22.8 Å². The maximum Gasteiger partial charge on any atom is 0.410 e. The lowest BCUT2D eigenvalue weighted by atomic mass is 9.94. The Labute approximate surface area is 188 Å². The first-order chi connectivity index (χ1) is 15.2. The molecule has 2 atom stereocenters. The number of ether oxygens (including phenoxy) is 3. The highest BCUT2D eigenvalue weighted by Crippen LogP contribution is 2.26. The molecule has 1 aliphatic heterocycles. The Kier molecular flexibility index (Phi) is 7.69. The lowest BCUT2D eigenvalue weighted by molar-refractivity contribution is -0.131. The SMILES string of the molecule is COCO[C@H]1CCCN(C(=O)OC(C)(C)C)[C@H]1CC(=O)Cn1ccc(=O)c2ccccc21. The minimum Gasteiger partial charge on any atom is -0.444 e. The summed E-state index contributed by atoms with van der Waals surface area (Å²) in [5, 5.41) is 0.567. The zero-order valence-electron chi connectivity index (χ0n) is 19.2. The number of amides is 1. The van der Waals surface area contributed by atoms with Crippen LogP contribution < -0.4 is 5.43 Å². The molecule has 0 aliphatic carbocycles. The second-order valence-electron chi connectivity index (χ2n) is 9.06. The van der Waals surface area contributed by atoms with Crippen molar-refractivity contribution in [1.82, 2.24) is 9.47 Å². The molecule has 1 aromatic heterocycles. The number of Topliss-reactive ketones (excluding diaryl/α,β-unsaturated/α-hetero) is 1.